The highest BCUT2D eigenvalue weighted by atomic mass is 16.4. The van der Waals surface area contributed by atoms with Crippen molar-refractivity contribution < 1.29 is 14.7 Å². The van der Waals surface area contributed by atoms with Crippen LogP contribution in [0.3, 0.4) is 0 Å². The van der Waals surface area contributed by atoms with Gasteiger partial charge in [-0.15, -0.1) is 0 Å². The fourth-order valence-electron chi connectivity index (χ4n) is 1.41. The highest BCUT2D eigenvalue weighted by Crippen LogP contribution is 2.11. The van der Waals surface area contributed by atoms with Crippen LogP contribution in [0.15, 0.2) is 24.3 Å². The van der Waals surface area contributed by atoms with Crippen LogP contribution in [-0.4, -0.2) is 23.0 Å². The van der Waals surface area contributed by atoms with E-state index in [9.17, 15) is 9.59 Å². The van der Waals surface area contributed by atoms with Crippen LogP contribution in [0.4, 0.5) is 5.69 Å². The molecule has 0 aliphatic heterocycles. The number of hydrogen-bond acceptors (Lipinski definition) is 3. The second kappa shape index (κ2) is 6.00. The Morgan fingerprint density at radius 2 is 2.18 bits per heavy atom. The monoisotopic (exact) mass is 236 g/mol. The van der Waals surface area contributed by atoms with Crippen LogP contribution in [0.25, 0.3) is 0 Å². The summed E-state index contributed by atoms with van der Waals surface area (Å²) in [7, 11) is 0. The summed E-state index contributed by atoms with van der Waals surface area (Å²) >= 11 is 0. The van der Waals surface area contributed by atoms with Gasteiger partial charge in [0, 0.05) is 5.69 Å². The van der Waals surface area contributed by atoms with Crippen LogP contribution in [0.5, 0.6) is 0 Å². The molecule has 1 aromatic rings. The van der Waals surface area contributed by atoms with Gasteiger partial charge in [-0.25, -0.2) is 4.79 Å². The molecule has 1 amide bonds. The molecule has 0 aliphatic carbocycles. The predicted molar refractivity (Wildman–Crippen MR) is 64.9 cm³/mol. The highest BCUT2D eigenvalue weighted by Gasteiger charge is 2.12. The molecule has 0 fully saturated rings. The molecular formula is C12H16N2O3. The van der Waals surface area contributed by atoms with Crippen LogP contribution in [-0.2, 0) is 4.79 Å². The number of amides is 1. The second-order valence-electron chi connectivity index (χ2n) is 3.77. The molecule has 1 aromatic carbocycles. The largest absolute Gasteiger partial charge is 0.478 e. The first-order valence-electron chi connectivity index (χ1n) is 5.44. The molecule has 0 heterocycles. The smallest absolute Gasteiger partial charge is 0.335 e. The van der Waals surface area contributed by atoms with Crippen molar-refractivity contribution >= 4 is 17.6 Å². The van der Waals surface area contributed by atoms with E-state index in [4.69, 9.17) is 10.8 Å². The van der Waals surface area contributed by atoms with Gasteiger partial charge >= 0.3 is 5.97 Å². The van der Waals surface area contributed by atoms with Gasteiger partial charge in [0.15, 0.2) is 0 Å². The molecule has 0 aliphatic rings. The number of hydrogen-bond donors (Lipinski definition) is 3. The van der Waals surface area contributed by atoms with E-state index in [-0.39, 0.29) is 11.5 Å². The van der Waals surface area contributed by atoms with Crippen molar-refractivity contribution in [1.82, 2.24) is 0 Å². The zero-order valence-electron chi connectivity index (χ0n) is 9.64. The molecule has 5 heteroatoms. The molecule has 0 unspecified atom stereocenters. The van der Waals surface area contributed by atoms with E-state index in [1.165, 1.54) is 12.1 Å². The Morgan fingerprint density at radius 3 is 2.76 bits per heavy atom. The van der Waals surface area contributed by atoms with Crippen molar-refractivity contribution in [3.63, 3.8) is 0 Å². The molecule has 0 saturated carbocycles. The van der Waals surface area contributed by atoms with Gasteiger partial charge in [0.05, 0.1) is 11.6 Å². The average Bonchev–Trinajstić information content (AvgIpc) is 2.29. The number of rotatable bonds is 5. The maximum atomic E-state index is 11.6. The van der Waals surface area contributed by atoms with Gasteiger partial charge in [-0.05, 0) is 24.6 Å². The van der Waals surface area contributed by atoms with Gasteiger partial charge < -0.3 is 16.2 Å². The van der Waals surface area contributed by atoms with Gasteiger partial charge in [0.2, 0.25) is 5.91 Å². The third-order valence-electron chi connectivity index (χ3n) is 2.31. The first-order chi connectivity index (χ1) is 8.04. The fourth-order valence-corrected chi connectivity index (χ4v) is 1.41. The van der Waals surface area contributed by atoms with E-state index in [0.717, 1.165) is 6.42 Å². The normalized spacial score (nSPS) is 11.9. The summed E-state index contributed by atoms with van der Waals surface area (Å²) in [5, 5.41) is 11.4. The molecule has 0 radical (unpaired) electrons. The van der Waals surface area contributed by atoms with E-state index >= 15 is 0 Å². The van der Waals surface area contributed by atoms with Crippen LogP contribution in [0.2, 0.25) is 0 Å². The SMILES string of the molecule is CCC[C@H](N)C(=O)Nc1cccc(C(=O)O)c1. The molecule has 0 aromatic heterocycles. The van der Waals surface area contributed by atoms with E-state index in [1.54, 1.807) is 12.1 Å². The topological polar surface area (TPSA) is 92.4 Å². The van der Waals surface area contributed by atoms with E-state index in [2.05, 4.69) is 5.32 Å². The van der Waals surface area contributed by atoms with Crippen molar-refractivity contribution in [2.24, 2.45) is 5.73 Å². The maximum absolute atomic E-state index is 11.6. The molecule has 5 nitrogen and oxygen atoms in total. The molecule has 4 N–H and O–H groups in total. The summed E-state index contributed by atoms with van der Waals surface area (Å²) in [6.45, 7) is 1.94. The third-order valence-corrected chi connectivity index (χ3v) is 2.31. The number of nitrogens with two attached hydrogens (primary N) is 1. The van der Waals surface area contributed by atoms with Gasteiger partial charge in [-0.1, -0.05) is 19.4 Å². The lowest BCUT2D eigenvalue weighted by Gasteiger charge is -2.11. The number of carbonyl (C=O) groups is 2. The highest BCUT2D eigenvalue weighted by molar-refractivity contribution is 5.96. The summed E-state index contributed by atoms with van der Waals surface area (Å²) in [5.74, 6) is -1.33. The standard InChI is InChI=1S/C12H16N2O3/c1-2-4-10(13)11(15)14-9-6-3-5-8(7-9)12(16)17/h3,5-7,10H,2,4,13H2,1H3,(H,14,15)(H,16,17)/t10-/m0/s1. The summed E-state index contributed by atoms with van der Waals surface area (Å²) < 4.78 is 0. The number of aromatic carboxylic acids is 1. The fraction of sp³-hybridized carbons (Fsp3) is 0.333. The minimum atomic E-state index is -1.03. The summed E-state index contributed by atoms with van der Waals surface area (Å²) in [5.41, 5.74) is 6.22. The zero-order chi connectivity index (χ0) is 12.8. The van der Waals surface area contributed by atoms with Gasteiger partial charge in [0.25, 0.3) is 0 Å². The minimum Gasteiger partial charge on any atom is -0.478 e. The Kier molecular flexibility index (Phi) is 4.66. The number of anilines is 1. The molecule has 1 atom stereocenters. The van der Waals surface area contributed by atoms with Crippen molar-refractivity contribution in [1.29, 1.82) is 0 Å². The molecule has 17 heavy (non-hydrogen) atoms. The van der Waals surface area contributed by atoms with Crippen LogP contribution in [0.1, 0.15) is 30.1 Å². The lowest BCUT2D eigenvalue weighted by atomic mass is 10.1. The van der Waals surface area contributed by atoms with Crippen molar-refractivity contribution in [3.05, 3.63) is 29.8 Å². The van der Waals surface area contributed by atoms with Crippen LogP contribution in [0, 0.1) is 0 Å². The quantitative estimate of drug-likeness (QED) is 0.721. The minimum absolute atomic E-state index is 0.131. The molecule has 0 bridgehead atoms. The van der Waals surface area contributed by atoms with Crippen LogP contribution < -0.4 is 11.1 Å². The zero-order valence-corrected chi connectivity index (χ0v) is 9.64. The summed E-state index contributed by atoms with van der Waals surface area (Å²) in [6, 6.07) is 5.50. The lowest BCUT2D eigenvalue weighted by Crippen LogP contribution is -2.35. The van der Waals surface area contributed by atoms with Crippen LogP contribution >= 0.6 is 0 Å². The van der Waals surface area contributed by atoms with E-state index in [1.807, 2.05) is 6.92 Å². The van der Waals surface area contributed by atoms with Gasteiger partial charge in [-0.3, -0.25) is 4.79 Å². The Morgan fingerprint density at radius 1 is 1.47 bits per heavy atom. The Balaban J connectivity index is 2.71. The number of carbonyl (C=O) groups excluding carboxylic acids is 1. The van der Waals surface area contributed by atoms with Crippen molar-refractivity contribution in [3.8, 4) is 0 Å². The number of benzene rings is 1. The molecule has 92 valence electrons. The second-order valence-corrected chi connectivity index (χ2v) is 3.77. The number of carboxylic acids is 1. The molecular weight excluding hydrogens is 220 g/mol. The third kappa shape index (κ3) is 3.88. The number of nitrogens with one attached hydrogen (secondary N) is 1. The van der Waals surface area contributed by atoms with E-state index in [0.29, 0.717) is 12.1 Å². The Hall–Kier alpha value is -1.88. The predicted octanol–water partition coefficient (Wildman–Crippen LogP) is 1.45. The first-order valence-corrected chi connectivity index (χ1v) is 5.44. The lowest BCUT2D eigenvalue weighted by molar-refractivity contribution is -0.117. The van der Waals surface area contributed by atoms with Crippen molar-refractivity contribution in [2.45, 2.75) is 25.8 Å². The molecule has 0 saturated heterocycles. The molecule has 1 rings (SSSR count). The Bertz CT molecular complexity index is 418. The Labute approximate surface area is 99.6 Å². The number of carboxylic acid groups (broad SMARTS) is 1. The van der Waals surface area contributed by atoms with Gasteiger partial charge in [-0.2, -0.15) is 0 Å². The maximum Gasteiger partial charge on any atom is 0.335 e. The van der Waals surface area contributed by atoms with Gasteiger partial charge in [0.1, 0.15) is 0 Å². The average molecular weight is 236 g/mol. The summed E-state index contributed by atoms with van der Waals surface area (Å²) in [4.78, 5) is 22.3. The summed E-state index contributed by atoms with van der Waals surface area (Å²) in [6.07, 6.45) is 1.42. The van der Waals surface area contributed by atoms with E-state index < -0.39 is 12.0 Å². The molecule has 0 spiro atoms. The first kappa shape index (κ1) is 13.2. The van der Waals surface area contributed by atoms with Crippen molar-refractivity contribution in [2.75, 3.05) is 5.32 Å².